The average Bonchev–Trinajstić information content (AvgIpc) is 3.29. The third-order valence-electron chi connectivity index (χ3n) is 6.30. The summed E-state index contributed by atoms with van der Waals surface area (Å²) in [6, 6.07) is 5.94. The number of rotatable bonds is 5. The van der Waals surface area contributed by atoms with E-state index in [0.717, 1.165) is 24.2 Å². The molecule has 27 heavy (non-hydrogen) atoms. The van der Waals surface area contributed by atoms with Gasteiger partial charge in [0.25, 0.3) is 0 Å². The molecule has 1 N–H and O–H groups in total. The molecule has 0 aromatic heterocycles. The Kier molecular flexibility index (Phi) is 5.84. The van der Waals surface area contributed by atoms with E-state index < -0.39 is 11.5 Å². The molecule has 2 fully saturated rings. The summed E-state index contributed by atoms with van der Waals surface area (Å²) in [6.07, 6.45) is 3.83. The first kappa shape index (κ1) is 19.8. The van der Waals surface area contributed by atoms with Gasteiger partial charge in [0, 0.05) is 24.4 Å². The van der Waals surface area contributed by atoms with Crippen LogP contribution in [0.4, 0.5) is 4.79 Å². The number of likely N-dealkylation sites (tertiary alicyclic amines) is 1. The quantitative estimate of drug-likeness (QED) is 0.850. The Morgan fingerprint density at radius 3 is 2.56 bits per heavy atom. The van der Waals surface area contributed by atoms with E-state index in [4.69, 9.17) is 14.2 Å². The molecule has 1 saturated carbocycles. The van der Waals surface area contributed by atoms with Crippen molar-refractivity contribution in [2.75, 3.05) is 27.3 Å². The number of hydrogen-bond donors (Lipinski definition) is 1. The van der Waals surface area contributed by atoms with E-state index in [1.165, 1.54) is 20.0 Å². The van der Waals surface area contributed by atoms with E-state index in [1.807, 2.05) is 25.1 Å². The minimum atomic E-state index is -0.571. The minimum absolute atomic E-state index is 0.0200. The summed E-state index contributed by atoms with van der Waals surface area (Å²) in [5, 5.41) is 10.5. The zero-order valence-electron chi connectivity index (χ0n) is 16.7. The van der Waals surface area contributed by atoms with Crippen molar-refractivity contribution in [2.24, 2.45) is 5.41 Å². The fraction of sp³-hybridized carbons (Fsp3) is 0.667. The number of nitrogens with zero attached hydrogens (tertiary/aromatic N) is 1. The van der Waals surface area contributed by atoms with Gasteiger partial charge in [0.2, 0.25) is 0 Å². The molecule has 3 atom stereocenters. The second-order valence-corrected chi connectivity index (χ2v) is 8.02. The number of benzene rings is 1. The largest absolute Gasteiger partial charge is 0.493 e. The number of aliphatic hydroxyl groups excluding tert-OH is 1. The van der Waals surface area contributed by atoms with Crippen molar-refractivity contribution in [3.63, 3.8) is 0 Å². The molecule has 0 radical (unpaired) electrons. The molecular formula is C21H31NO5. The molecule has 1 unspecified atom stereocenters. The van der Waals surface area contributed by atoms with Crippen LogP contribution in [0, 0.1) is 5.41 Å². The van der Waals surface area contributed by atoms with Gasteiger partial charge in [-0.25, -0.2) is 4.79 Å². The highest BCUT2D eigenvalue weighted by Crippen LogP contribution is 2.47. The second-order valence-electron chi connectivity index (χ2n) is 8.02. The Labute approximate surface area is 161 Å². The van der Waals surface area contributed by atoms with Crippen LogP contribution < -0.4 is 9.47 Å². The van der Waals surface area contributed by atoms with Crippen LogP contribution in [0.1, 0.15) is 51.0 Å². The number of aliphatic hydroxyl groups is 1. The molecule has 6 heteroatoms. The van der Waals surface area contributed by atoms with E-state index in [2.05, 4.69) is 0 Å². The third kappa shape index (κ3) is 3.86. The van der Waals surface area contributed by atoms with Crippen molar-refractivity contribution >= 4 is 6.09 Å². The van der Waals surface area contributed by atoms with Gasteiger partial charge in [-0.05, 0) is 50.3 Å². The SMILES string of the molecule is COC(=O)N1CC(c2ccc(OC)c(OC3CCCC3)c2)[C@](C)([C@@H](C)O)C1. The maximum Gasteiger partial charge on any atom is 0.409 e. The summed E-state index contributed by atoms with van der Waals surface area (Å²) in [5.41, 5.74) is 0.575. The third-order valence-corrected chi connectivity index (χ3v) is 6.30. The Morgan fingerprint density at radius 2 is 1.96 bits per heavy atom. The van der Waals surface area contributed by atoms with Gasteiger partial charge in [0.15, 0.2) is 11.5 Å². The molecular weight excluding hydrogens is 346 g/mol. The van der Waals surface area contributed by atoms with Crippen molar-refractivity contribution in [1.29, 1.82) is 0 Å². The van der Waals surface area contributed by atoms with Crippen molar-refractivity contribution in [3.05, 3.63) is 23.8 Å². The maximum absolute atomic E-state index is 12.1. The van der Waals surface area contributed by atoms with Gasteiger partial charge >= 0.3 is 6.09 Å². The number of ether oxygens (including phenoxy) is 3. The van der Waals surface area contributed by atoms with Gasteiger partial charge in [0.05, 0.1) is 26.4 Å². The smallest absolute Gasteiger partial charge is 0.409 e. The zero-order chi connectivity index (χ0) is 19.6. The maximum atomic E-state index is 12.1. The highest BCUT2D eigenvalue weighted by molar-refractivity contribution is 5.68. The molecule has 2 aliphatic rings. The lowest BCUT2D eigenvalue weighted by atomic mass is 9.72. The van der Waals surface area contributed by atoms with Crippen LogP contribution in [0.25, 0.3) is 0 Å². The molecule has 3 rings (SSSR count). The standard InChI is InChI=1S/C21H31NO5/c1-14(23)21(2)13-22(20(24)26-4)12-17(21)15-9-10-18(25-3)19(11-15)27-16-7-5-6-8-16/h9-11,14,16-17,23H,5-8,12-13H2,1-4H3/t14-,17?,21+/m1/s1. The summed E-state index contributed by atoms with van der Waals surface area (Å²) in [6.45, 7) is 4.76. The van der Waals surface area contributed by atoms with Crippen LogP contribution in [0.3, 0.4) is 0 Å². The molecule has 6 nitrogen and oxygen atoms in total. The Balaban J connectivity index is 1.91. The fourth-order valence-electron chi connectivity index (χ4n) is 4.38. The number of carbonyl (C=O) groups excluding carboxylic acids is 1. The van der Waals surface area contributed by atoms with Gasteiger partial charge in [0.1, 0.15) is 0 Å². The highest BCUT2D eigenvalue weighted by atomic mass is 16.5. The van der Waals surface area contributed by atoms with Crippen molar-refractivity contribution in [2.45, 2.75) is 57.7 Å². The Morgan fingerprint density at radius 1 is 1.26 bits per heavy atom. The van der Waals surface area contributed by atoms with E-state index >= 15 is 0 Å². The predicted octanol–water partition coefficient (Wildman–Crippen LogP) is 3.57. The molecule has 1 amide bonds. The van der Waals surface area contributed by atoms with Crippen LogP contribution in [-0.4, -0.2) is 55.6 Å². The van der Waals surface area contributed by atoms with Gasteiger partial charge in [-0.1, -0.05) is 13.0 Å². The van der Waals surface area contributed by atoms with Crippen LogP contribution in [0.15, 0.2) is 18.2 Å². The fourth-order valence-corrected chi connectivity index (χ4v) is 4.38. The van der Waals surface area contributed by atoms with Crippen LogP contribution in [0.5, 0.6) is 11.5 Å². The first-order valence-corrected chi connectivity index (χ1v) is 9.74. The van der Waals surface area contributed by atoms with Gasteiger partial charge in [-0.15, -0.1) is 0 Å². The number of hydrogen-bond acceptors (Lipinski definition) is 5. The molecule has 150 valence electrons. The monoisotopic (exact) mass is 377 g/mol. The van der Waals surface area contributed by atoms with Crippen molar-refractivity contribution < 1.29 is 24.1 Å². The normalized spacial score (nSPS) is 26.9. The van der Waals surface area contributed by atoms with Crippen LogP contribution >= 0.6 is 0 Å². The predicted molar refractivity (Wildman–Crippen MR) is 102 cm³/mol. The average molecular weight is 377 g/mol. The van der Waals surface area contributed by atoms with E-state index in [-0.39, 0.29) is 18.1 Å². The topological polar surface area (TPSA) is 68.2 Å². The summed E-state index contributed by atoms with van der Waals surface area (Å²) in [7, 11) is 3.03. The first-order valence-electron chi connectivity index (χ1n) is 9.74. The first-order chi connectivity index (χ1) is 12.9. The molecule has 1 saturated heterocycles. The van der Waals surface area contributed by atoms with Crippen molar-refractivity contribution in [3.8, 4) is 11.5 Å². The summed E-state index contributed by atoms with van der Waals surface area (Å²) >= 11 is 0. The zero-order valence-corrected chi connectivity index (χ0v) is 16.7. The van der Waals surface area contributed by atoms with Crippen molar-refractivity contribution in [1.82, 2.24) is 4.90 Å². The Bertz CT molecular complexity index is 671. The summed E-state index contributed by atoms with van der Waals surface area (Å²) in [4.78, 5) is 13.7. The van der Waals surface area contributed by atoms with E-state index in [0.29, 0.717) is 18.8 Å². The molecule has 1 aliphatic heterocycles. The summed E-state index contributed by atoms with van der Waals surface area (Å²) < 4.78 is 16.6. The molecule has 0 bridgehead atoms. The van der Waals surface area contributed by atoms with Gasteiger partial charge < -0.3 is 24.2 Å². The molecule has 0 spiro atoms. The van der Waals surface area contributed by atoms with E-state index in [1.54, 1.807) is 18.9 Å². The lowest BCUT2D eigenvalue weighted by Gasteiger charge is -2.33. The molecule has 1 aromatic rings. The summed E-state index contributed by atoms with van der Waals surface area (Å²) in [5.74, 6) is 1.44. The lowest BCUT2D eigenvalue weighted by molar-refractivity contribution is 0.0470. The van der Waals surface area contributed by atoms with Crippen LogP contribution in [0.2, 0.25) is 0 Å². The van der Waals surface area contributed by atoms with Gasteiger partial charge in [-0.2, -0.15) is 0 Å². The second kappa shape index (κ2) is 7.97. The van der Waals surface area contributed by atoms with Crippen LogP contribution in [-0.2, 0) is 4.74 Å². The van der Waals surface area contributed by atoms with E-state index in [9.17, 15) is 9.90 Å². The number of methoxy groups -OCH3 is 2. The number of carbonyl (C=O) groups is 1. The Hall–Kier alpha value is -1.95. The molecule has 1 aliphatic carbocycles. The minimum Gasteiger partial charge on any atom is -0.493 e. The van der Waals surface area contributed by atoms with Gasteiger partial charge in [-0.3, -0.25) is 0 Å². The lowest BCUT2D eigenvalue weighted by Crippen LogP contribution is -2.38. The number of amides is 1. The molecule has 1 aromatic carbocycles. The highest BCUT2D eigenvalue weighted by Gasteiger charge is 2.48. The molecule has 1 heterocycles.